The van der Waals surface area contributed by atoms with E-state index in [1.807, 2.05) is 0 Å². The molecule has 0 aliphatic rings. The Hall–Kier alpha value is -0.820. The fourth-order valence-corrected chi connectivity index (χ4v) is 2.45. The molecule has 1 N–H and O–H groups in total. The van der Waals surface area contributed by atoms with Gasteiger partial charge in [-0.1, -0.05) is 39.8 Å². The summed E-state index contributed by atoms with van der Waals surface area (Å²) in [6.07, 6.45) is 1.84. The van der Waals surface area contributed by atoms with Gasteiger partial charge in [-0.05, 0) is 53.9 Å². The number of benzene rings is 1. The van der Waals surface area contributed by atoms with Gasteiger partial charge in [0.2, 0.25) is 0 Å². The Bertz CT molecular complexity index is 335. The fraction of sp³-hybridized carbons (Fsp3) is 0.625. The Labute approximate surface area is 106 Å². The molecule has 0 aromatic heterocycles. The molecule has 1 nitrogen and oxygen atoms in total. The molecule has 0 spiro atoms. The fourth-order valence-electron chi connectivity index (χ4n) is 2.45. The molecule has 0 bridgehead atoms. The monoisotopic (exact) mass is 234 g/mol. The molecule has 1 heteroatoms. The second-order valence-corrected chi connectivity index (χ2v) is 5.54. The van der Waals surface area contributed by atoms with Gasteiger partial charge in [0.25, 0.3) is 0 Å². The number of aliphatic hydroxyl groups excluding tert-OH is 1. The van der Waals surface area contributed by atoms with E-state index < -0.39 is 0 Å². The average molecular weight is 234 g/mol. The van der Waals surface area contributed by atoms with Crippen molar-refractivity contribution >= 4 is 0 Å². The predicted octanol–water partition coefficient (Wildman–Crippen LogP) is 4.17. The molecule has 1 rings (SSSR count). The van der Waals surface area contributed by atoms with E-state index >= 15 is 0 Å². The molecule has 0 saturated heterocycles. The van der Waals surface area contributed by atoms with Gasteiger partial charge in [-0.2, -0.15) is 0 Å². The van der Waals surface area contributed by atoms with Crippen molar-refractivity contribution in [1.29, 1.82) is 0 Å². The van der Waals surface area contributed by atoms with Crippen molar-refractivity contribution in [1.82, 2.24) is 0 Å². The SMILES string of the molecule is Cc1c(C(C)C)cc(CCCO)cc1C(C)C. The van der Waals surface area contributed by atoms with Gasteiger partial charge >= 0.3 is 0 Å². The summed E-state index contributed by atoms with van der Waals surface area (Å²) in [5.41, 5.74) is 5.74. The minimum atomic E-state index is 0.280. The van der Waals surface area contributed by atoms with Crippen molar-refractivity contribution in [2.75, 3.05) is 6.61 Å². The molecule has 0 fully saturated rings. The van der Waals surface area contributed by atoms with Gasteiger partial charge < -0.3 is 5.11 Å². The van der Waals surface area contributed by atoms with Crippen LogP contribution in [0.5, 0.6) is 0 Å². The molecule has 0 amide bonds. The van der Waals surface area contributed by atoms with Gasteiger partial charge in [0.05, 0.1) is 0 Å². The Balaban J connectivity index is 3.17. The molecule has 0 aliphatic carbocycles. The Kier molecular flexibility index (Phi) is 5.20. The molecule has 0 atom stereocenters. The summed E-state index contributed by atoms with van der Waals surface area (Å²) in [4.78, 5) is 0. The van der Waals surface area contributed by atoms with Crippen LogP contribution in [-0.2, 0) is 6.42 Å². The van der Waals surface area contributed by atoms with Crippen LogP contribution in [0, 0.1) is 6.92 Å². The molecular formula is C16H26O. The van der Waals surface area contributed by atoms with Crippen LogP contribution in [-0.4, -0.2) is 11.7 Å². The van der Waals surface area contributed by atoms with E-state index in [1.165, 1.54) is 22.3 Å². The zero-order valence-electron chi connectivity index (χ0n) is 11.9. The Morgan fingerprint density at radius 1 is 1.00 bits per heavy atom. The second-order valence-electron chi connectivity index (χ2n) is 5.54. The third-order valence-electron chi connectivity index (χ3n) is 3.42. The van der Waals surface area contributed by atoms with Crippen LogP contribution < -0.4 is 0 Å². The van der Waals surface area contributed by atoms with E-state index in [9.17, 15) is 0 Å². The highest BCUT2D eigenvalue weighted by atomic mass is 16.2. The summed E-state index contributed by atoms with van der Waals surface area (Å²) in [6, 6.07) is 4.64. The first kappa shape index (κ1) is 14.2. The minimum Gasteiger partial charge on any atom is -0.396 e. The summed E-state index contributed by atoms with van der Waals surface area (Å²) in [7, 11) is 0. The maximum Gasteiger partial charge on any atom is 0.0434 e. The molecular weight excluding hydrogens is 208 g/mol. The molecule has 0 saturated carbocycles. The van der Waals surface area contributed by atoms with E-state index in [-0.39, 0.29) is 6.61 Å². The smallest absolute Gasteiger partial charge is 0.0434 e. The highest BCUT2D eigenvalue weighted by Crippen LogP contribution is 2.29. The molecule has 17 heavy (non-hydrogen) atoms. The summed E-state index contributed by atoms with van der Waals surface area (Å²) in [5.74, 6) is 1.14. The van der Waals surface area contributed by atoms with Crippen LogP contribution in [0.2, 0.25) is 0 Å². The van der Waals surface area contributed by atoms with Gasteiger partial charge in [0.1, 0.15) is 0 Å². The van der Waals surface area contributed by atoms with Gasteiger partial charge in [-0.25, -0.2) is 0 Å². The highest BCUT2D eigenvalue weighted by molar-refractivity contribution is 5.41. The first-order chi connectivity index (χ1) is 7.97. The van der Waals surface area contributed by atoms with Crippen molar-refractivity contribution in [3.05, 3.63) is 34.4 Å². The van der Waals surface area contributed by atoms with Crippen LogP contribution in [0.1, 0.15) is 68.2 Å². The van der Waals surface area contributed by atoms with E-state index in [0.717, 1.165) is 12.8 Å². The van der Waals surface area contributed by atoms with Crippen LogP contribution >= 0.6 is 0 Å². The van der Waals surface area contributed by atoms with Gasteiger partial charge in [0, 0.05) is 6.61 Å². The van der Waals surface area contributed by atoms with Crippen LogP contribution in [0.3, 0.4) is 0 Å². The lowest BCUT2D eigenvalue weighted by atomic mass is 9.87. The predicted molar refractivity (Wildman–Crippen MR) is 74.8 cm³/mol. The van der Waals surface area contributed by atoms with Gasteiger partial charge in [0.15, 0.2) is 0 Å². The zero-order chi connectivity index (χ0) is 13.0. The van der Waals surface area contributed by atoms with Crippen molar-refractivity contribution in [3.63, 3.8) is 0 Å². The zero-order valence-corrected chi connectivity index (χ0v) is 11.9. The second kappa shape index (κ2) is 6.20. The molecule has 1 aromatic rings. The number of hydrogen-bond acceptors (Lipinski definition) is 1. The molecule has 96 valence electrons. The average Bonchev–Trinajstić information content (AvgIpc) is 2.26. The lowest BCUT2D eigenvalue weighted by Gasteiger charge is -2.19. The molecule has 0 heterocycles. The quantitative estimate of drug-likeness (QED) is 0.811. The van der Waals surface area contributed by atoms with E-state index in [2.05, 4.69) is 46.8 Å². The molecule has 0 radical (unpaired) electrons. The van der Waals surface area contributed by atoms with Crippen LogP contribution in [0.15, 0.2) is 12.1 Å². The largest absolute Gasteiger partial charge is 0.396 e. The van der Waals surface area contributed by atoms with E-state index in [0.29, 0.717) is 11.8 Å². The normalized spacial score (nSPS) is 11.5. The topological polar surface area (TPSA) is 20.2 Å². The standard InChI is InChI=1S/C16H26O/c1-11(2)15-9-14(7-6-8-17)10-16(12(3)4)13(15)5/h9-12,17H,6-8H2,1-5H3. The first-order valence-corrected chi connectivity index (χ1v) is 6.71. The lowest BCUT2D eigenvalue weighted by molar-refractivity contribution is 0.288. The number of hydrogen-bond donors (Lipinski definition) is 1. The van der Waals surface area contributed by atoms with Crippen LogP contribution in [0.25, 0.3) is 0 Å². The van der Waals surface area contributed by atoms with Crippen molar-refractivity contribution in [2.24, 2.45) is 0 Å². The minimum absolute atomic E-state index is 0.280. The molecule has 1 aromatic carbocycles. The van der Waals surface area contributed by atoms with Crippen molar-refractivity contribution in [2.45, 2.75) is 59.3 Å². The maximum absolute atomic E-state index is 8.94. The van der Waals surface area contributed by atoms with Crippen molar-refractivity contribution < 1.29 is 5.11 Å². The van der Waals surface area contributed by atoms with E-state index in [1.54, 1.807) is 0 Å². The number of aliphatic hydroxyl groups is 1. The van der Waals surface area contributed by atoms with Crippen LogP contribution in [0.4, 0.5) is 0 Å². The summed E-state index contributed by atoms with van der Waals surface area (Å²) >= 11 is 0. The molecule has 0 unspecified atom stereocenters. The third kappa shape index (κ3) is 3.57. The first-order valence-electron chi connectivity index (χ1n) is 6.71. The van der Waals surface area contributed by atoms with E-state index in [4.69, 9.17) is 5.11 Å². The molecule has 0 aliphatic heterocycles. The summed E-state index contributed by atoms with van der Waals surface area (Å²) in [6.45, 7) is 11.5. The Morgan fingerprint density at radius 2 is 1.47 bits per heavy atom. The van der Waals surface area contributed by atoms with Crippen molar-refractivity contribution in [3.8, 4) is 0 Å². The third-order valence-corrected chi connectivity index (χ3v) is 3.42. The highest BCUT2D eigenvalue weighted by Gasteiger charge is 2.12. The maximum atomic E-state index is 8.94. The number of aryl methyl sites for hydroxylation is 1. The number of rotatable bonds is 5. The van der Waals surface area contributed by atoms with Gasteiger partial charge in [-0.15, -0.1) is 0 Å². The lowest BCUT2D eigenvalue weighted by Crippen LogP contribution is -2.02. The summed E-state index contributed by atoms with van der Waals surface area (Å²) < 4.78 is 0. The Morgan fingerprint density at radius 3 is 1.82 bits per heavy atom. The van der Waals surface area contributed by atoms with Gasteiger partial charge in [-0.3, -0.25) is 0 Å². The summed E-state index contributed by atoms with van der Waals surface area (Å²) in [5, 5.41) is 8.94.